The Bertz CT molecular complexity index is 1060. The molecule has 0 saturated heterocycles. The van der Waals surface area contributed by atoms with Crippen molar-refractivity contribution in [3.05, 3.63) is 60.2 Å². The van der Waals surface area contributed by atoms with Crippen LogP contribution in [0.2, 0.25) is 0 Å². The Hall–Kier alpha value is -3.41. The number of rotatable bonds is 6. The average Bonchev–Trinajstić information content (AvgIpc) is 3.11. The van der Waals surface area contributed by atoms with Gasteiger partial charge in [0.2, 0.25) is 5.89 Å². The van der Waals surface area contributed by atoms with Crippen molar-refractivity contribution in [2.45, 2.75) is 20.3 Å². The SMILES string of the molecule is CCCOc1nc(Oc2ccccc2)nc2oc(-c3cccc(C)c3)nc12. The van der Waals surface area contributed by atoms with Gasteiger partial charge in [-0.05, 0) is 37.6 Å². The Balaban J connectivity index is 1.77. The maximum absolute atomic E-state index is 5.89. The molecular weight excluding hydrogens is 342 g/mol. The second-order valence-corrected chi connectivity index (χ2v) is 6.12. The first kappa shape index (κ1) is 17.0. The Morgan fingerprint density at radius 1 is 0.963 bits per heavy atom. The van der Waals surface area contributed by atoms with Gasteiger partial charge in [0, 0.05) is 5.56 Å². The fourth-order valence-electron chi connectivity index (χ4n) is 2.62. The molecule has 0 atom stereocenters. The van der Waals surface area contributed by atoms with Crippen molar-refractivity contribution in [1.82, 2.24) is 15.0 Å². The van der Waals surface area contributed by atoms with Crippen LogP contribution in [0.15, 0.2) is 59.0 Å². The van der Waals surface area contributed by atoms with Gasteiger partial charge in [0.1, 0.15) is 5.75 Å². The van der Waals surface area contributed by atoms with Gasteiger partial charge in [0.15, 0.2) is 5.52 Å². The molecule has 4 aromatic rings. The molecule has 27 heavy (non-hydrogen) atoms. The summed E-state index contributed by atoms with van der Waals surface area (Å²) in [6, 6.07) is 17.4. The number of aryl methyl sites for hydroxylation is 1. The van der Waals surface area contributed by atoms with Gasteiger partial charge < -0.3 is 13.9 Å². The molecule has 0 aliphatic carbocycles. The van der Waals surface area contributed by atoms with Crippen molar-refractivity contribution in [3.63, 3.8) is 0 Å². The molecule has 0 radical (unpaired) electrons. The molecular formula is C21H19N3O3. The predicted molar refractivity (Wildman–Crippen MR) is 102 cm³/mol. The number of nitrogens with zero attached hydrogens (tertiary/aromatic N) is 3. The lowest BCUT2D eigenvalue weighted by Crippen LogP contribution is -2.01. The molecule has 2 aromatic carbocycles. The van der Waals surface area contributed by atoms with Crippen LogP contribution in [0.5, 0.6) is 17.6 Å². The summed E-state index contributed by atoms with van der Waals surface area (Å²) in [6.45, 7) is 4.57. The number of hydrogen-bond donors (Lipinski definition) is 0. The van der Waals surface area contributed by atoms with Gasteiger partial charge in [-0.3, -0.25) is 0 Å². The standard InChI is InChI=1S/C21H19N3O3/c1-3-12-25-19-17-20(24-21(23-19)26-16-10-5-4-6-11-16)27-18(22-17)15-9-7-8-14(2)13-15/h4-11,13H,3,12H2,1-2H3. The average molecular weight is 361 g/mol. The van der Waals surface area contributed by atoms with Crippen LogP contribution in [-0.4, -0.2) is 21.6 Å². The summed E-state index contributed by atoms with van der Waals surface area (Å²) in [5.74, 6) is 1.47. The Labute approximate surface area is 156 Å². The minimum atomic E-state index is 0.159. The third-order valence-electron chi connectivity index (χ3n) is 3.87. The molecule has 6 heteroatoms. The van der Waals surface area contributed by atoms with Gasteiger partial charge in [0.05, 0.1) is 6.61 Å². The molecule has 136 valence electrons. The molecule has 6 nitrogen and oxygen atoms in total. The van der Waals surface area contributed by atoms with Gasteiger partial charge >= 0.3 is 6.01 Å². The number of aromatic nitrogens is 3. The highest BCUT2D eigenvalue weighted by Crippen LogP contribution is 2.31. The molecule has 0 bridgehead atoms. The topological polar surface area (TPSA) is 70.3 Å². The predicted octanol–water partition coefficient (Wildman–Crippen LogP) is 5.17. The zero-order valence-electron chi connectivity index (χ0n) is 15.2. The third-order valence-corrected chi connectivity index (χ3v) is 3.87. The number of para-hydroxylation sites is 1. The van der Waals surface area contributed by atoms with E-state index in [0.29, 0.717) is 35.4 Å². The van der Waals surface area contributed by atoms with E-state index in [-0.39, 0.29) is 6.01 Å². The largest absolute Gasteiger partial charge is 0.476 e. The maximum atomic E-state index is 5.89. The molecule has 0 amide bonds. The zero-order valence-corrected chi connectivity index (χ0v) is 15.2. The number of hydrogen-bond acceptors (Lipinski definition) is 6. The highest BCUT2D eigenvalue weighted by atomic mass is 16.5. The van der Waals surface area contributed by atoms with Crippen LogP contribution in [0.4, 0.5) is 0 Å². The summed E-state index contributed by atoms with van der Waals surface area (Å²) in [5.41, 5.74) is 2.82. The first-order chi connectivity index (χ1) is 13.2. The van der Waals surface area contributed by atoms with E-state index in [1.54, 1.807) is 0 Å². The summed E-state index contributed by atoms with van der Waals surface area (Å²) >= 11 is 0. The van der Waals surface area contributed by atoms with Crippen LogP contribution in [0.3, 0.4) is 0 Å². The van der Waals surface area contributed by atoms with E-state index in [1.807, 2.05) is 68.4 Å². The molecule has 4 rings (SSSR count). The monoisotopic (exact) mass is 361 g/mol. The fourth-order valence-corrected chi connectivity index (χ4v) is 2.62. The van der Waals surface area contributed by atoms with Crippen molar-refractivity contribution in [1.29, 1.82) is 0 Å². The molecule has 0 unspecified atom stereocenters. The van der Waals surface area contributed by atoms with Crippen molar-refractivity contribution in [2.75, 3.05) is 6.61 Å². The number of benzene rings is 2. The quantitative estimate of drug-likeness (QED) is 0.471. The lowest BCUT2D eigenvalue weighted by Gasteiger charge is -2.06. The molecule has 2 aromatic heterocycles. The van der Waals surface area contributed by atoms with E-state index in [1.165, 1.54) is 0 Å². The van der Waals surface area contributed by atoms with E-state index in [0.717, 1.165) is 17.5 Å². The summed E-state index contributed by atoms with van der Waals surface area (Å²) in [5, 5.41) is 0. The van der Waals surface area contributed by atoms with Gasteiger partial charge in [-0.25, -0.2) is 4.98 Å². The molecule has 0 N–H and O–H groups in total. The lowest BCUT2D eigenvalue weighted by molar-refractivity contribution is 0.302. The van der Waals surface area contributed by atoms with Crippen molar-refractivity contribution < 1.29 is 13.9 Å². The molecule has 0 aliphatic rings. The van der Waals surface area contributed by atoms with E-state index < -0.39 is 0 Å². The van der Waals surface area contributed by atoms with Crippen LogP contribution in [0, 0.1) is 6.92 Å². The van der Waals surface area contributed by atoms with Gasteiger partial charge in [0.25, 0.3) is 11.6 Å². The molecule has 2 heterocycles. The number of oxazole rings is 1. The number of ether oxygens (including phenoxy) is 2. The molecule has 0 aliphatic heterocycles. The Morgan fingerprint density at radius 3 is 2.59 bits per heavy atom. The summed E-state index contributed by atoms with van der Waals surface area (Å²) in [7, 11) is 0. The van der Waals surface area contributed by atoms with E-state index >= 15 is 0 Å². The van der Waals surface area contributed by atoms with Gasteiger partial charge in [-0.1, -0.05) is 42.8 Å². The fraction of sp³-hybridized carbons (Fsp3) is 0.190. The van der Waals surface area contributed by atoms with Crippen LogP contribution in [0.25, 0.3) is 22.7 Å². The summed E-state index contributed by atoms with van der Waals surface area (Å²) in [4.78, 5) is 13.3. The highest BCUT2D eigenvalue weighted by molar-refractivity contribution is 5.78. The smallest absolute Gasteiger partial charge is 0.328 e. The van der Waals surface area contributed by atoms with E-state index in [2.05, 4.69) is 15.0 Å². The first-order valence-electron chi connectivity index (χ1n) is 8.84. The second kappa shape index (κ2) is 7.45. The van der Waals surface area contributed by atoms with Crippen LogP contribution in [0.1, 0.15) is 18.9 Å². The van der Waals surface area contributed by atoms with Gasteiger partial charge in [-0.2, -0.15) is 9.97 Å². The normalized spacial score (nSPS) is 10.9. The summed E-state index contributed by atoms with van der Waals surface area (Å²) in [6.07, 6.45) is 0.850. The van der Waals surface area contributed by atoms with Crippen molar-refractivity contribution >= 4 is 11.2 Å². The third kappa shape index (κ3) is 3.74. The van der Waals surface area contributed by atoms with Crippen LogP contribution in [-0.2, 0) is 0 Å². The Morgan fingerprint density at radius 2 is 1.81 bits per heavy atom. The van der Waals surface area contributed by atoms with Crippen LogP contribution >= 0.6 is 0 Å². The van der Waals surface area contributed by atoms with E-state index in [9.17, 15) is 0 Å². The highest BCUT2D eigenvalue weighted by Gasteiger charge is 2.18. The van der Waals surface area contributed by atoms with Gasteiger partial charge in [-0.15, -0.1) is 0 Å². The minimum Gasteiger partial charge on any atom is -0.476 e. The molecule has 0 fully saturated rings. The number of fused-ring (bicyclic) bond motifs is 1. The van der Waals surface area contributed by atoms with Crippen LogP contribution < -0.4 is 9.47 Å². The maximum Gasteiger partial charge on any atom is 0.328 e. The Kier molecular flexibility index (Phi) is 4.70. The van der Waals surface area contributed by atoms with Crippen molar-refractivity contribution in [3.8, 4) is 29.1 Å². The molecule has 0 spiro atoms. The lowest BCUT2D eigenvalue weighted by atomic mass is 10.1. The summed E-state index contributed by atoms with van der Waals surface area (Å²) < 4.78 is 17.4. The second-order valence-electron chi connectivity index (χ2n) is 6.12. The van der Waals surface area contributed by atoms with Crippen molar-refractivity contribution in [2.24, 2.45) is 0 Å². The van der Waals surface area contributed by atoms with E-state index in [4.69, 9.17) is 13.9 Å². The first-order valence-corrected chi connectivity index (χ1v) is 8.84. The molecule has 0 saturated carbocycles. The minimum absolute atomic E-state index is 0.159. The zero-order chi connectivity index (χ0) is 18.6.